The SMILES string of the molecule is Cc1cc2ccccc2n1CC(=O)Nc1ccccc1-c1ccccc1. The molecule has 0 saturated carbocycles. The van der Waals surface area contributed by atoms with E-state index in [-0.39, 0.29) is 5.91 Å². The number of nitrogens with zero attached hydrogens (tertiary/aromatic N) is 1. The summed E-state index contributed by atoms with van der Waals surface area (Å²) in [4.78, 5) is 12.7. The zero-order chi connectivity index (χ0) is 17.9. The fourth-order valence-electron chi connectivity index (χ4n) is 3.35. The summed E-state index contributed by atoms with van der Waals surface area (Å²) in [6, 6.07) is 28.3. The molecule has 0 unspecified atom stereocenters. The molecule has 0 saturated heterocycles. The quantitative estimate of drug-likeness (QED) is 0.540. The van der Waals surface area contributed by atoms with Crippen LogP contribution in [0.25, 0.3) is 22.0 Å². The number of benzene rings is 3. The molecule has 0 fully saturated rings. The van der Waals surface area contributed by atoms with Gasteiger partial charge in [-0.25, -0.2) is 0 Å². The van der Waals surface area contributed by atoms with E-state index in [4.69, 9.17) is 0 Å². The van der Waals surface area contributed by atoms with Gasteiger partial charge in [0.15, 0.2) is 0 Å². The van der Waals surface area contributed by atoms with Crippen LogP contribution in [0.15, 0.2) is 84.9 Å². The number of rotatable bonds is 4. The van der Waals surface area contributed by atoms with Gasteiger partial charge in [0, 0.05) is 22.5 Å². The second-order valence-electron chi connectivity index (χ2n) is 6.39. The third-order valence-corrected chi connectivity index (χ3v) is 4.61. The van der Waals surface area contributed by atoms with E-state index >= 15 is 0 Å². The summed E-state index contributed by atoms with van der Waals surface area (Å²) in [5.41, 5.74) is 5.11. The fraction of sp³-hybridized carbons (Fsp3) is 0.0870. The van der Waals surface area contributed by atoms with Crippen LogP contribution in [0.5, 0.6) is 0 Å². The maximum atomic E-state index is 12.7. The number of hydrogen-bond acceptors (Lipinski definition) is 1. The summed E-state index contributed by atoms with van der Waals surface area (Å²) in [5.74, 6) is -0.0298. The Morgan fingerprint density at radius 2 is 1.58 bits per heavy atom. The number of hydrogen-bond donors (Lipinski definition) is 1. The Kier molecular flexibility index (Phi) is 4.28. The largest absolute Gasteiger partial charge is 0.335 e. The van der Waals surface area contributed by atoms with Gasteiger partial charge in [-0.3, -0.25) is 4.79 Å². The highest BCUT2D eigenvalue weighted by Gasteiger charge is 2.12. The smallest absolute Gasteiger partial charge is 0.244 e. The number of carbonyl (C=O) groups is 1. The lowest BCUT2D eigenvalue weighted by atomic mass is 10.0. The molecule has 0 atom stereocenters. The van der Waals surface area contributed by atoms with Crippen molar-refractivity contribution in [3.8, 4) is 11.1 Å². The highest BCUT2D eigenvalue weighted by molar-refractivity contribution is 5.96. The van der Waals surface area contributed by atoms with Crippen molar-refractivity contribution in [2.24, 2.45) is 0 Å². The standard InChI is InChI=1S/C23H20N2O/c1-17-15-19-11-5-8-14-22(19)25(17)16-23(26)24-21-13-7-6-12-20(21)18-9-3-2-4-10-18/h2-15H,16H2,1H3,(H,24,26). The molecule has 1 aromatic heterocycles. The van der Waals surface area contributed by atoms with Gasteiger partial charge in [-0.15, -0.1) is 0 Å². The van der Waals surface area contributed by atoms with Crippen molar-refractivity contribution in [2.45, 2.75) is 13.5 Å². The lowest BCUT2D eigenvalue weighted by Crippen LogP contribution is -2.19. The first-order valence-electron chi connectivity index (χ1n) is 8.71. The van der Waals surface area contributed by atoms with Crippen LogP contribution in [0.4, 0.5) is 5.69 Å². The number of anilines is 1. The van der Waals surface area contributed by atoms with E-state index in [1.54, 1.807) is 0 Å². The van der Waals surface area contributed by atoms with Crippen molar-refractivity contribution in [1.82, 2.24) is 4.57 Å². The topological polar surface area (TPSA) is 34.0 Å². The van der Waals surface area contributed by atoms with E-state index in [1.807, 2.05) is 67.6 Å². The first kappa shape index (κ1) is 16.2. The van der Waals surface area contributed by atoms with Gasteiger partial charge in [0.25, 0.3) is 0 Å². The molecule has 0 aliphatic heterocycles. The predicted octanol–water partition coefficient (Wildman–Crippen LogP) is 5.26. The molecule has 0 aliphatic rings. The molecule has 0 aliphatic carbocycles. The molecule has 3 aromatic carbocycles. The minimum Gasteiger partial charge on any atom is -0.335 e. The maximum Gasteiger partial charge on any atom is 0.244 e. The fourth-order valence-corrected chi connectivity index (χ4v) is 3.35. The van der Waals surface area contributed by atoms with Gasteiger partial charge in [-0.2, -0.15) is 0 Å². The summed E-state index contributed by atoms with van der Waals surface area (Å²) in [6.45, 7) is 2.33. The normalized spacial score (nSPS) is 10.8. The molecule has 0 bridgehead atoms. The van der Waals surface area contributed by atoms with E-state index in [2.05, 4.69) is 34.1 Å². The molecular formula is C23H20N2O. The first-order valence-corrected chi connectivity index (χ1v) is 8.71. The summed E-state index contributed by atoms with van der Waals surface area (Å²) in [5, 5.41) is 4.23. The van der Waals surface area contributed by atoms with Crippen molar-refractivity contribution in [3.05, 3.63) is 90.6 Å². The van der Waals surface area contributed by atoms with Crippen LogP contribution in [-0.2, 0) is 11.3 Å². The summed E-state index contributed by atoms with van der Waals surface area (Å²) < 4.78 is 2.05. The minimum absolute atomic E-state index is 0.0298. The molecular weight excluding hydrogens is 320 g/mol. The second-order valence-corrected chi connectivity index (χ2v) is 6.39. The Morgan fingerprint density at radius 3 is 2.42 bits per heavy atom. The van der Waals surface area contributed by atoms with E-state index in [0.29, 0.717) is 6.54 Å². The third kappa shape index (κ3) is 3.11. The van der Waals surface area contributed by atoms with Crippen LogP contribution in [0.3, 0.4) is 0 Å². The van der Waals surface area contributed by atoms with Gasteiger partial charge in [0.2, 0.25) is 5.91 Å². The van der Waals surface area contributed by atoms with E-state index in [1.165, 1.54) is 0 Å². The lowest BCUT2D eigenvalue weighted by molar-refractivity contribution is -0.116. The summed E-state index contributed by atoms with van der Waals surface area (Å²) in [6.07, 6.45) is 0. The van der Waals surface area contributed by atoms with Gasteiger partial charge in [0.1, 0.15) is 6.54 Å². The summed E-state index contributed by atoms with van der Waals surface area (Å²) >= 11 is 0. The molecule has 0 radical (unpaired) electrons. The molecule has 0 spiro atoms. The van der Waals surface area contributed by atoms with E-state index in [0.717, 1.165) is 33.4 Å². The molecule has 1 heterocycles. The van der Waals surface area contributed by atoms with Crippen LogP contribution in [0, 0.1) is 6.92 Å². The number of aryl methyl sites for hydroxylation is 1. The van der Waals surface area contributed by atoms with E-state index < -0.39 is 0 Å². The molecule has 4 rings (SSSR count). The predicted molar refractivity (Wildman–Crippen MR) is 107 cm³/mol. The molecule has 1 amide bonds. The average molecular weight is 340 g/mol. The Labute approximate surface area is 152 Å². The van der Waals surface area contributed by atoms with Crippen molar-refractivity contribution < 1.29 is 4.79 Å². The van der Waals surface area contributed by atoms with E-state index in [9.17, 15) is 4.79 Å². The molecule has 1 N–H and O–H groups in total. The van der Waals surface area contributed by atoms with Crippen LogP contribution in [-0.4, -0.2) is 10.5 Å². The molecule has 26 heavy (non-hydrogen) atoms. The van der Waals surface area contributed by atoms with Crippen LogP contribution in [0.1, 0.15) is 5.69 Å². The molecule has 4 aromatic rings. The third-order valence-electron chi connectivity index (χ3n) is 4.61. The zero-order valence-electron chi connectivity index (χ0n) is 14.6. The first-order chi connectivity index (χ1) is 12.7. The van der Waals surface area contributed by atoms with Crippen LogP contribution in [0.2, 0.25) is 0 Å². The van der Waals surface area contributed by atoms with Gasteiger partial charge in [-0.1, -0.05) is 66.7 Å². The Bertz CT molecular complexity index is 1060. The van der Waals surface area contributed by atoms with Crippen molar-refractivity contribution >= 4 is 22.5 Å². The monoisotopic (exact) mass is 340 g/mol. The number of nitrogens with one attached hydrogen (secondary N) is 1. The highest BCUT2D eigenvalue weighted by Crippen LogP contribution is 2.27. The Morgan fingerprint density at radius 1 is 0.885 bits per heavy atom. The lowest BCUT2D eigenvalue weighted by Gasteiger charge is -2.13. The van der Waals surface area contributed by atoms with Gasteiger partial charge >= 0.3 is 0 Å². The Balaban J connectivity index is 1.61. The van der Waals surface area contributed by atoms with Gasteiger partial charge in [0.05, 0.1) is 0 Å². The van der Waals surface area contributed by atoms with Crippen molar-refractivity contribution in [3.63, 3.8) is 0 Å². The highest BCUT2D eigenvalue weighted by atomic mass is 16.1. The average Bonchev–Trinajstić information content (AvgIpc) is 2.98. The number of aromatic nitrogens is 1. The number of para-hydroxylation sites is 2. The zero-order valence-corrected chi connectivity index (χ0v) is 14.6. The molecule has 128 valence electrons. The molecule has 3 nitrogen and oxygen atoms in total. The minimum atomic E-state index is -0.0298. The number of amides is 1. The van der Waals surface area contributed by atoms with Gasteiger partial charge in [-0.05, 0) is 36.1 Å². The number of fused-ring (bicyclic) bond motifs is 1. The second kappa shape index (κ2) is 6.89. The number of carbonyl (C=O) groups excluding carboxylic acids is 1. The molecule has 3 heteroatoms. The van der Waals surface area contributed by atoms with Crippen molar-refractivity contribution in [2.75, 3.05) is 5.32 Å². The van der Waals surface area contributed by atoms with Gasteiger partial charge < -0.3 is 9.88 Å². The van der Waals surface area contributed by atoms with Crippen LogP contribution < -0.4 is 5.32 Å². The van der Waals surface area contributed by atoms with Crippen LogP contribution >= 0.6 is 0 Å². The van der Waals surface area contributed by atoms with Crippen molar-refractivity contribution in [1.29, 1.82) is 0 Å². The Hall–Kier alpha value is -3.33. The maximum absolute atomic E-state index is 12.7. The summed E-state index contributed by atoms with van der Waals surface area (Å²) in [7, 11) is 0.